The molecule has 1 aromatic carbocycles. The van der Waals surface area contributed by atoms with Crippen LogP contribution in [0.1, 0.15) is 77.0 Å². The van der Waals surface area contributed by atoms with Gasteiger partial charge in [-0.1, -0.05) is 49.6 Å². The highest BCUT2D eigenvalue weighted by molar-refractivity contribution is 5.97. The zero-order valence-corrected chi connectivity index (χ0v) is 28.0. The van der Waals surface area contributed by atoms with Crippen LogP contribution < -0.4 is 16.0 Å². The van der Waals surface area contributed by atoms with Crippen molar-refractivity contribution in [2.24, 2.45) is 7.05 Å². The fraction of sp³-hybridized carbons (Fsp3) is 0.588. The van der Waals surface area contributed by atoms with Gasteiger partial charge in [-0.05, 0) is 52.0 Å². The zero-order chi connectivity index (χ0) is 34.2. The van der Waals surface area contributed by atoms with Crippen molar-refractivity contribution in [3.05, 3.63) is 54.1 Å². The summed E-state index contributed by atoms with van der Waals surface area (Å²) in [6, 6.07) is 6.51. The van der Waals surface area contributed by atoms with Gasteiger partial charge in [0.2, 0.25) is 17.7 Å². The summed E-state index contributed by atoms with van der Waals surface area (Å²) in [6.45, 7) is 5.52. The van der Waals surface area contributed by atoms with Gasteiger partial charge in [-0.3, -0.25) is 14.4 Å². The van der Waals surface area contributed by atoms with E-state index in [9.17, 15) is 24.0 Å². The summed E-state index contributed by atoms with van der Waals surface area (Å²) in [4.78, 5) is 73.1. The molecule has 0 bridgehead atoms. The maximum absolute atomic E-state index is 14.0. The van der Waals surface area contributed by atoms with E-state index < -0.39 is 59.0 Å². The number of carbonyl (C=O) groups is 5. The number of hydrogen-bond acceptors (Lipinski definition) is 8. The maximum Gasteiger partial charge on any atom is 0.408 e. The molecule has 3 atom stereocenters. The summed E-state index contributed by atoms with van der Waals surface area (Å²) in [5.74, 6) is -1.90. The number of nitrogens with zero attached hydrogens (tertiary/aromatic N) is 3. The topological polar surface area (TPSA) is 161 Å². The molecule has 1 saturated carbocycles. The van der Waals surface area contributed by atoms with Gasteiger partial charge in [0.1, 0.15) is 29.3 Å². The van der Waals surface area contributed by atoms with Crippen LogP contribution >= 0.6 is 0 Å². The number of esters is 1. The van der Waals surface area contributed by atoms with Crippen molar-refractivity contribution in [2.75, 3.05) is 13.7 Å². The highest BCUT2D eigenvalue weighted by Crippen LogP contribution is 2.30. The van der Waals surface area contributed by atoms with Gasteiger partial charge in [0.15, 0.2) is 0 Å². The molecule has 2 aromatic rings. The molecule has 1 saturated heterocycles. The lowest BCUT2D eigenvalue weighted by Gasteiger charge is -2.39. The van der Waals surface area contributed by atoms with E-state index in [4.69, 9.17) is 9.47 Å². The van der Waals surface area contributed by atoms with Gasteiger partial charge in [-0.15, -0.1) is 0 Å². The summed E-state index contributed by atoms with van der Waals surface area (Å²) in [7, 11) is 3.07. The van der Waals surface area contributed by atoms with Crippen LogP contribution in [0.5, 0.6) is 0 Å². The highest BCUT2D eigenvalue weighted by atomic mass is 16.6. The molecule has 47 heavy (non-hydrogen) atoms. The summed E-state index contributed by atoms with van der Waals surface area (Å²) in [5, 5.41) is 8.60. The number of alkyl carbamates (subject to hydrolysis) is 1. The highest BCUT2D eigenvalue weighted by Gasteiger charge is 2.46. The van der Waals surface area contributed by atoms with E-state index in [1.54, 1.807) is 44.9 Å². The second-order valence-electron chi connectivity index (χ2n) is 13.5. The minimum absolute atomic E-state index is 0.141. The third-order valence-electron chi connectivity index (χ3n) is 8.74. The van der Waals surface area contributed by atoms with E-state index in [0.29, 0.717) is 37.9 Å². The van der Waals surface area contributed by atoms with Crippen molar-refractivity contribution >= 4 is 29.8 Å². The summed E-state index contributed by atoms with van der Waals surface area (Å²) >= 11 is 0. The largest absolute Gasteiger partial charge is 0.467 e. The molecule has 2 fully saturated rings. The van der Waals surface area contributed by atoms with Crippen LogP contribution in [0.4, 0.5) is 4.79 Å². The first-order valence-corrected chi connectivity index (χ1v) is 16.3. The van der Waals surface area contributed by atoms with Crippen molar-refractivity contribution < 1.29 is 33.4 Å². The summed E-state index contributed by atoms with van der Waals surface area (Å²) in [5.41, 5.74) is -0.458. The first-order valence-electron chi connectivity index (χ1n) is 16.3. The van der Waals surface area contributed by atoms with Crippen LogP contribution in [0, 0.1) is 0 Å². The Morgan fingerprint density at radius 2 is 1.68 bits per heavy atom. The molecule has 4 rings (SSSR count). The molecule has 4 amide bonds. The number of carbonyl (C=O) groups excluding carboxylic acids is 5. The number of amides is 4. The third-order valence-corrected chi connectivity index (χ3v) is 8.74. The van der Waals surface area contributed by atoms with Gasteiger partial charge < -0.3 is 34.9 Å². The normalized spacial score (nSPS) is 18.8. The van der Waals surface area contributed by atoms with E-state index in [0.717, 1.165) is 24.8 Å². The molecule has 3 N–H and O–H groups in total. The number of likely N-dealkylation sites (tertiary alicyclic amines) is 1. The predicted molar refractivity (Wildman–Crippen MR) is 173 cm³/mol. The van der Waals surface area contributed by atoms with Gasteiger partial charge >= 0.3 is 12.1 Å². The second-order valence-corrected chi connectivity index (χ2v) is 13.5. The molecule has 0 radical (unpaired) electrons. The van der Waals surface area contributed by atoms with Crippen molar-refractivity contribution in [1.29, 1.82) is 0 Å². The fourth-order valence-electron chi connectivity index (χ4n) is 6.31. The molecule has 13 heteroatoms. The Balaban J connectivity index is 1.52. The lowest BCUT2D eigenvalue weighted by Crippen LogP contribution is -2.65. The number of aryl methyl sites for hydroxylation is 1. The van der Waals surface area contributed by atoms with Crippen LogP contribution in [0.3, 0.4) is 0 Å². The Kier molecular flexibility index (Phi) is 11.6. The standard InChI is InChI=1S/C34H48N6O7/c1-33(2,3)47-32(45)37-25(20-24-21-35-22-39(24)4)29(42)40-18-12-15-27(40)28(41)38-34(16-10-7-11-17-34)31(44)36-26(30(43)46-5)19-23-13-8-6-9-14-23/h6,8-9,13-14,21-22,25-27H,7,10-12,15-20H2,1-5H3,(H,36,44)(H,37,45)(H,38,41)/t25-,26-,27+/m0/s1. The molecular formula is C34H48N6O7. The number of benzene rings is 1. The summed E-state index contributed by atoms with van der Waals surface area (Å²) in [6.07, 6.45) is 6.98. The van der Waals surface area contributed by atoms with Gasteiger partial charge in [-0.2, -0.15) is 0 Å². The molecule has 1 aromatic heterocycles. The molecule has 1 aliphatic heterocycles. The van der Waals surface area contributed by atoms with E-state index in [1.165, 1.54) is 12.0 Å². The first-order chi connectivity index (χ1) is 22.3. The van der Waals surface area contributed by atoms with Crippen LogP contribution in [0.25, 0.3) is 0 Å². The SMILES string of the molecule is COC(=O)[C@H](Cc1ccccc1)NC(=O)C1(NC(=O)[C@H]2CCCN2C(=O)[C@H](Cc2cncn2C)NC(=O)OC(C)(C)C)CCCCC1. The number of nitrogens with one attached hydrogen (secondary N) is 3. The second kappa shape index (κ2) is 15.4. The van der Waals surface area contributed by atoms with E-state index in [2.05, 4.69) is 20.9 Å². The van der Waals surface area contributed by atoms with Crippen molar-refractivity contribution in [1.82, 2.24) is 30.4 Å². The van der Waals surface area contributed by atoms with Gasteiger partial charge in [0.25, 0.3) is 0 Å². The minimum atomic E-state index is -1.25. The zero-order valence-electron chi connectivity index (χ0n) is 28.0. The maximum atomic E-state index is 14.0. The average Bonchev–Trinajstić information content (AvgIpc) is 3.69. The first kappa shape index (κ1) is 35.4. The predicted octanol–water partition coefficient (Wildman–Crippen LogP) is 2.57. The van der Waals surface area contributed by atoms with Crippen LogP contribution in [-0.2, 0) is 48.5 Å². The number of imidazole rings is 1. The van der Waals surface area contributed by atoms with Crippen molar-refractivity contribution in [3.63, 3.8) is 0 Å². The van der Waals surface area contributed by atoms with E-state index in [-0.39, 0.29) is 12.8 Å². The number of ether oxygens (including phenoxy) is 2. The molecule has 0 spiro atoms. The Bertz CT molecular complexity index is 1410. The molecule has 1 aliphatic carbocycles. The molecule has 256 valence electrons. The Morgan fingerprint density at radius 1 is 0.979 bits per heavy atom. The van der Waals surface area contributed by atoms with Gasteiger partial charge in [0.05, 0.1) is 13.4 Å². The van der Waals surface area contributed by atoms with Crippen molar-refractivity contribution in [3.8, 4) is 0 Å². The molecule has 0 unspecified atom stereocenters. The van der Waals surface area contributed by atoms with Crippen LogP contribution in [-0.4, -0.2) is 87.2 Å². The lowest BCUT2D eigenvalue weighted by atomic mass is 9.80. The Morgan fingerprint density at radius 3 is 2.30 bits per heavy atom. The van der Waals surface area contributed by atoms with Gasteiger partial charge in [-0.25, -0.2) is 14.6 Å². The van der Waals surface area contributed by atoms with Crippen molar-refractivity contribution in [2.45, 2.75) is 108 Å². The monoisotopic (exact) mass is 652 g/mol. The number of methoxy groups -OCH3 is 1. The summed E-state index contributed by atoms with van der Waals surface area (Å²) < 4.78 is 12.2. The quantitative estimate of drug-likeness (QED) is 0.312. The Labute approximate surface area is 276 Å². The van der Waals surface area contributed by atoms with E-state index >= 15 is 0 Å². The smallest absolute Gasteiger partial charge is 0.408 e. The van der Waals surface area contributed by atoms with Crippen LogP contribution in [0.15, 0.2) is 42.9 Å². The van der Waals surface area contributed by atoms with Gasteiger partial charge in [0, 0.05) is 38.3 Å². The molecule has 13 nitrogen and oxygen atoms in total. The molecule has 2 aliphatic rings. The average molecular weight is 653 g/mol. The minimum Gasteiger partial charge on any atom is -0.467 e. The van der Waals surface area contributed by atoms with E-state index in [1.807, 2.05) is 30.3 Å². The van der Waals surface area contributed by atoms with Crippen LogP contribution in [0.2, 0.25) is 0 Å². The molecular weight excluding hydrogens is 604 g/mol. The lowest BCUT2D eigenvalue weighted by molar-refractivity contribution is -0.147. The Hall–Kier alpha value is -4.42. The number of aromatic nitrogens is 2. The molecule has 2 heterocycles. The number of hydrogen-bond donors (Lipinski definition) is 3. The number of rotatable bonds is 11. The third kappa shape index (κ3) is 9.32. The fourth-order valence-corrected chi connectivity index (χ4v) is 6.31.